The summed E-state index contributed by atoms with van der Waals surface area (Å²) < 4.78 is 14.5. The lowest BCUT2D eigenvalue weighted by Crippen LogP contribution is -2.46. The summed E-state index contributed by atoms with van der Waals surface area (Å²) in [5.41, 5.74) is 4.49. The average Bonchev–Trinajstić information content (AvgIpc) is 3.94. The monoisotopic (exact) mass is 779 g/mol. The van der Waals surface area contributed by atoms with Crippen molar-refractivity contribution in [2.75, 3.05) is 23.5 Å². The molecule has 9 rings (SSSR count). The number of hydrogen-bond acceptors (Lipinski definition) is 8. The van der Waals surface area contributed by atoms with Crippen LogP contribution in [0.15, 0.2) is 115 Å². The van der Waals surface area contributed by atoms with Crippen molar-refractivity contribution >= 4 is 48.0 Å². The van der Waals surface area contributed by atoms with Gasteiger partial charge in [0.05, 0.1) is 54.9 Å². The Hall–Kier alpha value is -5.66. The molecule has 57 heavy (non-hydrogen) atoms. The van der Waals surface area contributed by atoms with Gasteiger partial charge in [-0.3, -0.25) is 19.2 Å². The molecule has 0 aliphatic carbocycles. The Labute approximate surface area is 332 Å². The van der Waals surface area contributed by atoms with Crippen LogP contribution in [0.3, 0.4) is 0 Å². The molecule has 11 nitrogen and oxygen atoms in total. The van der Waals surface area contributed by atoms with Crippen LogP contribution >= 0.6 is 0 Å². The van der Waals surface area contributed by atoms with Crippen LogP contribution in [0, 0.1) is 5.92 Å². The lowest BCUT2D eigenvalue weighted by atomic mass is 9.82. The molecule has 2 amide bonds. The van der Waals surface area contributed by atoms with Crippen LogP contribution in [-0.2, 0) is 28.2 Å². The number of nitrogens with zero attached hydrogens (tertiary/aromatic N) is 5. The average molecular weight is 780 g/mol. The minimum Gasteiger partial charge on any atom is -0.497 e. The highest BCUT2D eigenvalue weighted by molar-refractivity contribution is 6.71. The van der Waals surface area contributed by atoms with E-state index in [1.54, 1.807) is 21.6 Å². The van der Waals surface area contributed by atoms with Gasteiger partial charge in [-0.05, 0) is 78.5 Å². The number of anilines is 3. The molecule has 1 aromatic heterocycles. The van der Waals surface area contributed by atoms with Gasteiger partial charge < -0.3 is 24.3 Å². The van der Waals surface area contributed by atoms with Gasteiger partial charge in [0.1, 0.15) is 5.75 Å². The Morgan fingerprint density at radius 3 is 2.46 bits per heavy atom. The molecule has 1 saturated heterocycles. The summed E-state index contributed by atoms with van der Waals surface area (Å²) in [5, 5.41) is 21.0. The summed E-state index contributed by atoms with van der Waals surface area (Å²) in [6.45, 7) is 6.43. The molecule has 1 unspecified atom stereocenters. The van der Waals surface area contributed by atoms with E-state index in [2.05, 4.69) is 10.3 Å². The Morgan fingerprint density at radius 2 is 1.70 bits per heavy atom. The quantitative estimate of drug-likeness (QED) is 0.131. The fraction of sp³-hybridized carbons (Fsp3) is 0.289. The summed E-state index contributed by atoms with van der Waals surface area (Å²) in [6, 6.07) is 34.9. The normalized spacial score (nSPS) is 21.9. The number of amides is 2. The van der Waals surface area contributed by atoms with Crippen molar-refractivity contribution in [3.8, 4) is 5.75 Å². The molecule has 4 heterocycles. The maximum absolute atomic E-state index is 15.2. The Bertz CT molecular complexity index is 2510. The third-order valence-corrected chi connectivity index (χ3v) is 14.7. The number of benzene rings is 5. The van der Waals surface area contributed by atoms with E-state index in [1.165, 1.54) is 0 Å². The number of hydrogen-bond donors (Lipinski definition) is 2. The maximum Gasteiger partial charge on any atom is 0.264 e. The fourth-order valence-electron chi connectivity index (χ4n) is 9.66. The Balaban J connectivity index is 1.02. The highest BCUT2D eigenvalue weighted by atomic mass is 28.4. The predicted molar refractivity (Wildman–Crippen MR) is 220 cm³/mol. The van der Waals surface area contributed by atoms with E-state index in [0.717, 1.165) is 44.5 Å². The van der Waals surface area contributed by atoms with Crippen LogP contribution in [0.25, 0.3) is 10.8 Å². The maximum atomic E-state index is 15.2. The molecule has 6 aromatic rings. The molecule has 1 spiro atoms. The molecule has 1 fully saturated rings. The number of methoxy groups -OCH3 is 1. The summed E-state index contributed by atoms with van der Waals surface area (Å²) in [4.78, 5) is 44.4. The van der Waals surface area contributed by atoms with Crippen LogP contribution in [0.1, 0.15) is 52.0 Å². The molecule has 0 radical (unpaired) electrons. The lowest BCUT2D eigenvalue weighted by Gasteiger charge is -2.32. The first-order chi connectivity index (χ1) is 27.5. The van der Waals surface area contributed by atoms with Crippen molar-refractivity contribution < 1.29 is 29.0 Å². The first-order valence-corrected chi connectivity index (χ1v) is 22.5. The van der Waals surface area contributed by atoms with E-state index in [0.29, 0.717) is 30.0 Å². The molecule has 5 aromatic carbocycles. The van der Waals surface area contributed by atoms with Crippen LogP contribution in [0.5, 0.6) is 5.75 Å². The van der Waals surface area contributed by atoms with E-state index in [1.807, 2.05) is 135 Å². The number of aliphatic hydroxyl groups is 1. The minimum absolute atomic E-state index is 0.0832. The number of carbonyl (C=O) groups is 2. The molecule has 0 saturated carbocycles. The summed E-state index contributed by atoms with van der Waals surface area (Å²) in [5.74, 6) is -0.346. The second kappa shape index (κ2) is 14.1. The van der Waals surface area contributed by atoms with Gasteiger partial charge in [-0.2, -0.15) is 0 Å². The second-order valence-electron chi connectivity index (χ2n) is 16.0. The van der Waals surface area contributed by atoms with E-state index in [-0.39, 0.29) is 42.3 Å². The largest absolute Gasteiger partial charge is 0.497 e. The number of rotatable bonds is 11. The SMILES string of the molecule is COc1ccc2c(c1)[C@@]1(O[C@H](CCn3cc(C(CO)c4ccccc4)nn3)[C@@H]([Si](C)(C)O)[C@@H]1C)C(=O)N2Cc1cccc(N2C(=O)c3cccc4cccc2c34)c1. The Kier molecular flexibility index (Phi) is 9.12. The zero-order valence-electron chi connectivity index (χ0n) is 32.4. The standard InChI is InChI=1S/C45H45N5O6Si/c1-28-42(57(3,4)54)40(21-22-48-26-37(46-47-48)35(27-51)30-12-6-5-7-13-30)56-45(28)36-24-33(55-2)19-20-38(36)49(44(45)53)25-29-11-8-16-32(23-29)50-39-18-10-15-31-14-9-17-34(41(31)39)43(50)52/h5-20,23-24,26,28,35,40,42,51,54H,21-22,25,27H2,1-4H3/t28-,35?,40+,42-,45+/m0/s1. The highest BCUT2D eigenvalue weighted by Crippen LogP contribution is 2.60. The number of carbonyl (C=O) groups excluding carboxylic acids is 2. The number of aryl methyl sites for hydroxylation is 1. The number of ether oxygens (including phenoxy) is 2. The number of aromatic nitrogens is 3. The Morgan fingerprint density at radius 1 is 0.930 bits per heavy atom. The van der Waals surface area contributed by atoms with E-state index < -0.39 is 20.0 Å². The highest BCUT2D eigenvalue weighted by Gasteiger charge is 2.66. The second-order valence-corrected chi connectivity index (χ2v) is 19.9. The number of aliphatic hydroxyl groups excluding tert-OH is 1. The molecule has 3 aliphatic heterocycles. The van der Waals surface area contributed by atoms with Gasteiger partial charge >= 0.3 is 0 Å². The molecule has 3 aliphatic rings. The van der Waals surface area contributed by atoms with Crippen molar-refractivity contribution in [1.29, 1.82) is 0 Å². The zero-order valence-corrected chi connectivity index (χ0v) is 33.4. The van der Waals surface area contributed by atoms with Crippen LogP contribution in [-0.4, -0.2) is 64.8 Å². The van der Waals surface area contributed by atoms with Crippen molar-refractivity contribution in [2.24, 2.45) is 5.92 Å². The van der Waals surface area contributed by atoms with E-state index in [4.69, 9.17) is 9.47 Å². The van der Waals surface area contributed by atoms with Crippen molar-refractivity contribution in [1.82, 2.24) is 15.0 Å². The third kappa shape index (κ3) is 5.97. The molecular formula is C45H45N5O6Si. The van der Waals surface area contributed by atoms with Gasteiger partial charge in [-0.1, -0.05) is 78.9 Å². The summed E-state index contributed by atoms with van der Waals surface area (Å²) in [7, 11) is -1.33. The lowest BCUT2D eigenvalue weighted by molar-refractivity contribution is -0.146. The molecule has 290 valence electrons. The predicted octanol–water partition coefficient (Wildman–Crippen LogP) is 7.29. The molecule has 12 heteroatoms. The van der Waals surface area contributed by atoms with Crippen LogP contribution in [0.4, 0.5) is 17.1 Å². The number of fused-ring (bicyclic) bond motifs is 2. The molecule has 0 bridgehead atoms. The van der Waals surface area contributed by atoms with Crippen molar-refractivity contribution in [2.45, 2.75) is 62.7 Å². The third-order valence-electron chi connectivity index (χ3n) is 12.2. The molecular weight excluding hydrogens is 735 g/mol. The minimum atomic E-state index is -2.93. The zero-order chi connectivity index (χ0) is 39.6. The van der Waals surface area contributed by atoms with Crippen LogP contribution < -0.4 is 14.5 Å². The van der Waals surface area contributed by atoms with Gasteiger partial charge in [0.25, 0.3) is 11.8 Å². The summed E-state index contributed by atoms with van der Waals surface area (Å²) in [6.07, 6.45) is 1.88. The van der Waals surface area contributed by atoms with Gasteiger partial charge in [0.15, 0.2) is 13.9 Å². The van der Waals surface area contributed by atoms with Crippen LogP contribution in [0.2, 0.25) is 18.6 Å². The first kappa shape index (κ1) is 36.9. The topological polar surface area (TPSA) is 130 Å². The van der Waals surface area contributed by atoms with Gasteiger partial charge in [-0.25, -0.2) is 0 Å². The fourth-order valence-corrected chi connectivity index (χ4v) is 12.3. The smallest absolute Gasteiger partial charge is 0.264 e. The molecule has 2 N–H and O–H groups in total. The van der Waals surface area contributed by atoms with E-state index >= 15 is 4.79 Å². The van der Waals surface area contributed by atoms with Crippen molar-refractivity contribution in [3.63, 3.8) is 0 Å². The van der Waals surface area contributed by atoms with Gasteiger partial charge in [0, 0.05) is 40.8 Å². The van der Waals surface area contributed by atoms with E-state index in [9.17, 15) is 14.7 Å². The van der Waals surface area contributed by atoms with Crippen molar-refractivity contribution in [3.05, 3.63) is 143 Å². The molecule has 5 atom stereocenters. The summed E-state index contributed by atoms with van der Waals surface area (Å²) >= 11 is 0. The van der Waals surface area contributed by atoms with Gasteiger partial charge in [0.2, 0.25) is 0 Å². The first-order valence-electron chi connectivity index (χ1n) is 19.4. The van der Waals surface area contributed by atoms with Gasteiger partial charge in [-0.15, -0.1) is 5.10 Å².